The molecule has 2 unspecified atom stereocenters. The highest BCUT2D eigenvalue weighted by Gasteiger charge is 2.54. The smallest absolute Gasteiger partial charge is 0.424 e. The van der Waals surface area contributed by atoms with Crippen molar-refractivity contribution in [3.05, 3.63) is 29.6 Å². The second-order valence-corrected chi connectivity index (χ2v) is 4.54. The molecule has 0 heterocycles. The molecule has 0 aliphatic heterocycles. The minimum absolute atomic E-state index is 0.115. The Kier molecular flexibility index (Phi) is 4.75. The van der Waals surface area contributed by atoms with E-state index < -0.39 is 36.2 Å². The standard InChI is InChI=1S/C13H14F4O3/c1-8(6-12(19,7-18)13(15,16)17)9-3-4-10(14)11(5-9)20-2/h3-5,7-8,19H,6H2,1-2H3. The van der Waals surface area contributed by atoms with E-state index in [1.54, 1.807) is 0 Å². The number of ether oxygens (including phenoxy) is 1. The van der Waals surface area contributed by atoms with Crippen LogP contribution in [0.15, 0.2) is 18.2 Å². The van der Waals surface area contributed by atoms with E-state index >= 15 is 0 Å². The zero-order valence-electron chi connectivity index (χ0n) is 10.9. The molecule has 0 aliphatic carbocycles. The van der Waals surface area contributed by atoms with Crippen LogP contribution in [0, 0.1) is 5.82 Å². The lowest BCUT2D eigenvalue weighted by molar-refractivity contribution is -0.247. The molecular weight excluding hydrogens is 280 g/mol. The fourth-order valence-corrected chi connectivity index (χ4v) is 1.80. The molecular formula is C13H14F4O3. The van der Waals surface area contributed by atoms with Gasteiger partial charge in [-0.3, -0.25) is 4.79 Å². The van der Waals surface area contributed by atoms with Crippen molar-refractivity contribution in [2.24, 2.45) is 0 Å². The summed E-state index contributed by atoms with van der Waals surface area (Å²) < 4.78 is 55.8. The van der Waals surface area contributed by atoms with Crippen molar-refractivity contribution in [3.63, 3.8) is 0 Å². The van der Waals surface area contributed by atoms with E-state index in [4.69, 9.17) is 4.74 Å². The van der Waals surface area contributed by atoms with Crippen LogP contribution in [0.5, 0.6) is 5.75 Å². The lowest BCUT2D eigenvalue weighted by Crippen LogP contribution is -2.47. The number of methoxy groups -OCH3 is 1. The van der Waals surface area contributed by atoms with Gasteiger partial charge in [-0.05, 0) is 30.0 Å². The molecule has 7 heteroatoms. The first kappa shape index (κ1) is 16.4. The molecule has 1 aromatic rings. The molecule has 0 saturated carbocycles. The fraction of sp³-hybridized carbons (Fsp3) is 0.462. The van der Waals surface area contributed by atoms with Crippen LogP contribution in [0.3, 0.4) is 0 Å². The number of alkyl halides is 3. The molecule has 0 fully saturated rings. The molecule has 0 aliphatic rings. The van der Waals surface area contributed by atoms with Crippen LogP contribution < -0.4 is 4.74 Å². The van der Waals surface area contributed by atoms with Crippen LogP contribution in [0.2, 0.25) is 0 Å². The summed E-state index contributed by atoms with van der Waals surface area (Å²) in [7, 11) is 1.23. The van der Waals surface area contributed by atoms with Crippen molar-refractivity contribution in [2.45, 2.75) is 31.0 Å². The van der Waals surface area contributed by atoms with Gasteiger partial charge in [0.2, 0.25) is 5.60 Å². The van der Waals surface area contributed by atoms with E-state index in [-0.39, 0.29) is 5.75 Å². The molecule has 2 atom stereocenters. The number of aldehydes is 1. The molecule has 0 radical (unpaired) electrons. The van der Waals surface area contributed by atoms with Gasteiger partial charge >= 0.3 is 6.18 Å². The first-order valence-corrected chi connectivity index (χ1v) is 5.73. The van der Waals surface area contributed by atoms with Gasteiger partial charge in [0.05, 0.1) is 7.11 Å². The average molecular weight is 294 g/mol. The Hall–Kier alpha value is -1.63. The molecule has 0 amide bonds. The maximum Gasteiger partial charge on any atom is 0.424 e. The summed E-state index contributed by atoms with van der Waals surface area (Å²) in [4.78, 5) is 10.6. The van der Waals surface area contributed by atoms with Gasteiger partial charge in [-0.25, -0.2) is 4.39 Å². The first-order valence-electron chi connectivity index (χ1n) is 5.73. The lowest BCUT2D eigenvalue weighted by Gasteiger charge is -2.27. The number of aliphatic hydroxyl groups is 1. The minimum atomic E-state index is -5.06. The molecule has 1 aromatic carbocycles. The van der Waals surface area contributed by atoms with Crippen molar-refractivity contribution in [1.82, 2.24) is 0 Å². The van der Waals surface area contributed by atoms with Gasteiger partial charge in [-0.15, -0.1) is 0 Å². The highest BCUT2D eigenvalue weighted by molar-refractivity contribution is 5.63. The maximum atomic E-state index is 13.2. The number of rotatable bonds is 5. The molecule has 0 aromatic heterocycles. The Morgan fingerprint density at radius 2 is 2.00 bits per heavy atom. The summed E-state index contributed by atoms with van der Waals surface area (Å²) in [5, 5.41) is 9.37. The summed E-state index contributed by atoms with van der Waals surface area (Å²) in [6, 6.07) is 3.57. The number of carbonyl (C=O) groups is 1. The third-order valence-electron chi connectivity index (χ3n) is 3.05. The summed E-state index contributed by atoms with van der Waals surface area (Å²) in [5.41, 5.74) is -3.10. The maximum absolute atomic E-state index is 13.2. The van der Waals surface area contributed by atoms with Crippen molar-refractivity contribution in [1.29, 1.82) is 0 Å². The molecule has 3 nitrogen and oxygen atoms in total. The van der Waals surface area contributed by atoms with Gasteiger partial charge in [0.15, 0.2) is 17.9 Å². The van der Waals surface area contributed by atoms with Crippen molar-refractivity contribution in [3.8, 4) is 5.75 Å². The van der Waals surface area contributed by atoms with E-state index in [0.717, 1.165) is 6.07 Å². The van der Waals surface area contributed by atoms with Crippen molar-refractivity contribution < 1.29 is 32.2 Å². The van der Waals surface area contributed by atoms with Crippen LogP contribution in [0.25, 0.3) is 0 Å². The van der Waals surface area contributed by atoms with E-state index in [0.29, 0.717) is 5.56 Å². The Balaban J connectivity index is 3.01. The van der Waals surface area contributed by atoms with E-state index in [2.05, 4.69) is 0 Å². The third kappa shape index (κ3) is 3.27. The number of halogens is 4. The summed E-state index contributed by atoms with van der Waals surface area (Å²) in [6.45, 7) is 1.40. The topological polar surface area (TPSA) is 46.5 Å². The Morgan fingerprint density at radius 1 is 1.40 bits per heavy atom. The molecule has 112 valence electrons. The van der Waals surface area contributed by atoms with Gasteiger partial charge in [-0.1, -0.05) is 13.0 Å². The van der Waals surface area contributed by atoms with Crippen LogP contribution >= 0.6 is 0 Å². The predicted octanol–water partition coefficient (Wildman–Crippen LogP) is 2.82. The number of hydrogen-bond donors (Lipinski definition) is 1. The summed E-state index contributed by atoms with van der Waals surface area (Å²) >= 11 is 0. The zero-order chi connectivity index (χ0) is 15.6. The van der Waals surface area contributed by atoms with Gasteiger partial charge in [-0.2, -0.15) is 13.2 Å². The molecule has 0 bridgehead atoms. The van der Waals surface area contributed by atoms with Gasteiger partial charge in [0, 0.05) is 0 Å². The Bertz CT molecular complexity index is 487. The normalized spacial score (nSPS) is 16.4. The number of carbonyl (C=O) groups excluding carboxylic acids is 1. The average Bonchev–Trinajstić information content (AvgIpc) is 2.37. The quantitative estimate of drug-likeness (QED) is 0.671. The molecule has 1 N–H and O–H groups in total. The van der Waals surface area contributed by atoms with Crippen molar-refractivity contribution >= 4 is 6.29 Å². The lowest BCUT2D eigenvalue weighted by atomic mass is 9.87. The SMILES string of the molecule is COc1cc(C(C)CC(O)(C=O)C(F)(F)F)ccc1F. The highest BCUT2D eigenvalue weighted by Crippen LogP contribution is 2.37. The van der Waals surface area contributed by atoms with Gasteiger partial charge in [0.25, 0.3) is 0 Å². The summed E-state index contributed by atoms with van der Waals surface area (Å²) in [6.07, 6.45) is -6.44. The van der Waals surface area contributed by atoms with Gasteiger partial charge in [0.1, 0.15) is 0 Å². The molecule has 1 rings (SSSR count). The van der Waals surface area contributed by atoms with Crippen LogP contribution in [-0.2, 0) is 4.79 Å². The van der Waals surface area contributed by atoms with E-state index in [9.17, 15) is 27.5 Å². The van der Waals surface area contributed by atoms with Crippen LogP contribution in [0.4, 0.5) is 17.6 Å². The van der Waals surface area contributed by atoms with Crippen LogP contribution in [-0.4, -0.2) is 30.3 Å². The largest absolute Gasteiger partial charge is 0.494 e. The van der Waals surface area contributed by atoms with Gasteiger partial charge < -0.3 is 9.84 Å². The van der Waals surface area contributed by atoms with Crippen LogP contribution in [0.1, 0.15) is 24.8 Å². The Labute approximate surface area is 113 Å². The van der Waals surface area contributed by atoms with E-state index in [1.807, 2.05) is 0 Å². The third-order valence-corrected chi connectivity index (χ3v) is 3.05. The second kappa shape index (κ2) is 5.78. The monoisotopic (exact) mass is 294 g/mol. The first-order chi connectivity index (χ1) is 9.14. The minimum Gasteiger partial charge on any atom is -0.494 e. The fourth-order valence-electron chi connectivity index (χ4n) is 1.80. The molecule has 0 spiro atoms. The molecule has 0 saturated heterocycles. The summed E-state index contributed by atoms with van der Waals surface area (Å²) in [5.74, 6) is -1.58. The zero-order valence-corrected chi connectivity index (χ0v) is 10.9. The molecule has 20 heavy (non-hydrogen) atoms. The highest BCUT2D eigenvalue weighted by atomic mass is 19.4. The number of hydrogen-bond acceptors (Lipinski definition) is 3. The second-order valence-electron chi connectivity index (χ2n) is 4.54. The Morgan fingerprint density at radius 3 is 2.45 bits per heavy atom. The predicted molar refractivity (Wildman–Crippen MR) is 63.1 cm³/mol. The number of benzene rings is 1. The van der Waals surface area contributed by atoms with Crippen molar-refractivity contribution in [2.75, 3.05) is 7.11 Å². The van der Waals surface area contributed by atoms with E-state index in [1.165, 1.54) is 26.2 Å².